The number of nitrogens with zero attached hydrogens (tertiary/aromatic N) is 2. The van der Waals surface area contributed by atoms with Gasteiger partial charge in [-0.15, -0.1) is 0 Å². The van der Waals surface area contributed by atoms with Crippen molar-refractivity contribution in [2.75, 3.05) is 12.1 Å². The Labute approximate surface area is 167 Å². The van der Waals surface area contributed by atoms with Crippen molar-refractivity contribution in [3.05, 3.63) is 58.1 Å². The Morgan fingerprint density at radius 2 is 1.93 bits per heavy atom. The summed E-state index contributed by atoms with van der Waals surface area (Å²) in [4.78, 5) is 12.9. The van der Waals surface area contributed by atoms with Crippen molar-refractivity contribution in [1.29, 1.82) is 0 Å². The number of ether oxygens (including phenoxy) is 2. The van der Waals surface area contributed by atoms with Gasteiger partial charge in [0.05, 0.1) is 30.2 Å². The molecule has 0 saturated heterocycles. The van der Waals surface area contributed by atoms with Gasteiger partial charge < -0.3 is 9.47 Å². The molecule has 5 nitrogen and oxygen atoms in total. The zero-order valence-electron chi connectivity index (χ0n) is 15.7. The topological polar surface area (TPSA) is 51.1 Å². The van der Waals surface area contributed by atoms with Gasteiger partial charge in [-0.1, -0.05) is 28.1 Å². The number of anilines is 1. The summed E-state index contributed by atoms with van der Waals surface area (Å²) in [6.07, 6.45) is 1.87. The summed E-state index contributed by atoms with van der Waals surface area (Å²) < 4.78 is 12.1. The number of carbonyl (C=O) groups excluding carboxylic acids is 1. The standard InChI is InChI=1S/C21H21BrN2O3/c1-13(2)27-19-9-8-15(11-20(19)26-4)10-18-14(3)23-24(21(18)25)17-7-5-6-16(22)12-17/h5-13H,1-4H3. The fourth-order valence-corrected chi connectivity index (χ4v) is 3.15. The lowest BCUT2D eigenvalue weighted by molar-refractivity contribution is -0.114. The van der Waals surface area contributed by atoms with E-state index in [0.29, 0.717) is 22.8 Å². The van der Waals surface area contributed by atoms with Gasteiger partial charge in [-0.3, -0.25) is 4.79 Å². The van der Waals surface area contributed by atoms with E-state index >= 15 is 0 Å². The van der Waals surface area contributed by atoms with Gasteiger partial charge in [-0.25, -0.2) is 0 Å². The van der Waals surface area contributed by atoms with Crippen LogP contribution in [0, 0.1) is 0 Å². The molecule has 0 unspecified atom stereocenters. The second kappa shape index (κ2) is 7.96. The van der Waals surface area contributed by atoms with Crippen LogP contribution in [0.15, 0.2) is 57.6 Å². The zero-order valence-corrected chi connectivity index (χ0v) is 17.3. The molecule has 6 heteroatoms. The molecule has 140 valence electrons. The number of hydrogen-bond acceptors (Lipinski definition) is 4. The highest BCUT2D eigenvalue weighted by atomic mass is 79.9. The maximum Gasteiger partial charge on any atom is 0.280 e. The van der Waals surface area contributed by atoms with Gasteiger partial charge in [0.1, 0.15) is 0 Å². The minimum Gasteiger partial charge on any atom is -0.493 e. The lowest BCUT2D eigenvalue weighted by atomic mass is 10.1. The molecule has 2 aromatic rings. The number of hydrogen-bond donors (Lipinski definition) is 0. The van der Waals surface area contributed by atoms with Crippen molar-refractivity contribution in [3.8, 4) is 11.5 Å². The van der Waals surface area contributed by atoms with Crippen LogP contribution >= 0.6 is 15.9 Å². The Balaban J connectivity index is 1.91. The Kier molecular flexibility index (Phi) is 5.65. The van der Waals surface area contributed by atoms with Crippen LogP contribution < -0.4 is 14.5 Å². The van der Waals surface area contributed by atoms with E-state index in [-0.39, 0.29) is 12.0 Å². The van der Waals surface area contributed by atoms with Gasteiger partial charge in [0.2, 0.25) is 0 Å². The smallest absolute Gasteiger partial charge is 0.280 e. The summed E-state index contributed by atoms with van der Waals surface area (Å²) >= 11 is 3.43. The van der Waals surface area contributed by atoms with Crippen molar-refractivity contribution in [3.63, 3.8) is 0 Å². The quantitative estimate of drug-likeness (QED) is 0.625. The number of methoxy groups -OCH3 is 1. The van der Waals surface area contributed by atoms with Gasteiger partial charge in [-0.2, -0.15) is 10.1 Å². The first-order chi connectivity index (χ1) is 12.9. The molecule has 27 heavy (non-hydrogen) atoms. The Bertz CT molecular complexity index is 935. The van der Waals surface area contributed by atoms with Gasteiger partial charge in [0, 0.05) is 4.47 Å². The van der Waals surface area contributed by atoms with E-state index in [1.807, 2.05) is 69.3 Å². The lowest BCUT2D eigenvalue weighted by Crippen LogP contribution is -2.21. The zero-order chi connectivity index (χ0) is 19.6. The minimum atomic E-state index is -0.160. The van der Waals surface area contributed by atoms with Crippen molar-refractivity contribution < 1.29 is 14.3 Å². The van der Waals surface area contributed by atoms with E-state index < -0.39 is 0 Å². The molecular weight excluding hydrogens is 408 g/mol. The molecule has 1 heterocycles. The first-order valence-electron chi connectivity index (χ1n) is 8.61. The van der Waals surface area contributed by atoms with Crippen LogP contribution in [-0.4, -0.2) is 24.8 Å². The maximum atomic E-state index is 12.9. The molecule has 0 aliphatic carbocycles. The van der Waals surface area contributed by atoms with E-state index in [1.165, 1.54) is 5.01 Å². The van der Waals surface area contributed by atoms with E-state index in [0.717, 1.165) is 15.7 Å². The van der Waals surface area contributed by atoms with Crippen molar-refractivity contribution in [1.82, 2.24) is 0 Å². The number of halogens is 1. The Hall–Kier alpha value is -2.60. The number of rotatable bonds is 5. The second-order valence-electron chi connectivity index (χ2n) is 6.42. The monoisotopic (exact) mass is 428 g/mol. The minimum absolute atomic E-state index is 0.0487. The van der Waals surface area contributed by atoms with Crippen LogP contribution in [0.1, 0.15) is 26.3 Å². The summed E-state index contributed by atoms with van der Waals surface area (Å²) in [6, 6.07) is 13.1. The van der Waals surface area contributed by atoms with Crippen LogP contribution in [0.3, 0.4) is 0 Å². The normalized spacial score (nSPS) is 15.5. The van der Waals surface area contributed by atoms with E-state index in [9.17, 15) is 4.79 Å². The average molecular weight is 429 g/mol. The lowest BCUT2D eigenvalue weighted by Gasteiger charge is -2.14. The van der Waals surface area contributed by atoms with Crippen molar-refractivity contribution in [2.24, 2.45) is 5.10 Å². The Morgan fingerprint density at radius 3 is 2.59 bits per heavy atom. The second-order valence-corrected chi connectivity index (χ2v) is 7.33. The van der Waals surface area contributed by atoms with Crippen LogP contribution in [0.25, 0.3) is 6.08 Å². The third-order valence-electron chi connectivity index (χ3n) is 3.98. The van der Waals surface area contributed by atoms with E-state index in [4.69, 9.17) is 9.47 Å². The van der Waals surface area contributed by atoms with Crippen LogP contribution in [0.5, 0.6) is 11.5 Å². The molecule has 3 rings (SSSR count). The first kappa shape index (κ1) is 19.2. The molecule has 0 spiro atoms. The molecule has 0 radical (unpaired) electrons. The Morgan fingerprint density at radius 1 is 1.15 bits per heavy atom. The third-order valence-corrected chi connectivity index (χ3v) is 4.47. The fraction of sp³-hybridized carbons (Fsp3) is 0.238. The predicted octanol–water partition coefficient (Wildman–Crippen LogP) is 5.05. The molecule has 1 aliphatic rings. The molecule has 0 fully saturated rings. The van der Waals surface area contributed by atoms with Crippen LogP contribution in [0.4, 0.5) is 5.69 Å². The first-order valence-corrected chi connectivity index (χ1v) is 9.40. The summed E-state index contributed by atoms with van der Waals surface area (Å²) in [6.45, 7) is 5.75. The summed E-state index contributed by atoms with van der Waals surface area (Å²) in [5, 5.41) is 5.83. The largest absolute Gasteiger partial charge is 0.493 e. The molecule has 0 saturated carbocycles. The van der Waals surface area contributed by atoms with E-state index in [1.54, 1.807) is 7.11 Å². The maximum absolute atomic E-state index is 12.9. The van der Waals surface area contributed by atoms with Crippen molar-refractivity contribution >= 4 is 39.3 Å². The molecule has 0 atom stereocenters. The molecule has 0 N–H and O–H groups in total. The third kappa shape index (κ3) is 4.22. The van der Waals surface area contributed by atoms with Crippen molar-refractivity contribution in [2.45, 2.75) is 26.9 Å². The number of benzene rings is 2. The fourth-order valence-electron chi connectivity index (χ4n) is 2.76. The summed E-state index contributed by atoms with van der Waals surface area (Å²) in [7, 11) is 1.60. The number of hydrazone groups is 1. The molecular formula is C21H21BrN2O3. The van der Waals surface area contributed by atoms with Gasteiger partial charge >= 0.3 is 0 Å². The predicted molar refractivity (Wildman–Crippen MR) is 111 cm³/mol. The van der Waals surface area contributed by atoms with Gasteiger partial charge in [0.15, 0.2) is 11.5 Å². The van der Waals surface area contributed by atoms with Gasteiger partial charge in [0.25, 0.3) is 5.91 Å². The van der Waals surface area contributed by atoms with E-state index in [2.05, 4.69) is 21.0 Å². The molecule has 0 bridgehead atoms. The molecule has 0 aromatic heterocycles. The summed E-state index contributed by atoms with van der Waals surface area (Å²) in [5.74, 6) is 1.14. The highest BCUT2D eigenvalue weighted by molar-refractivity contribution is 9.10. The summed E-state index contributed by atoms with van der Waals surface area (Å²) in [5.41, 5.74) is 2.78. The average Bonchev–Trinajstić information content (AvgIpc) is 2.90. The molecule has 1 aliphatic heterocycles. The molecule has 2 aromatic carbocycles. The van der Waals surface area contributed by atoms with Crippen LogP contribution in [0.2, 0.25) is 0 Å². The number of amides is 1. The SMILES string of the molecule is COc1cc(C=C2C(=O)N(c3cccc(Br)c3)N=C2C)ccc1OC(C)C. The highest BCUT2D eigenvalue weighted by Gasteiger charge is 2.28. The number of carbonyl (C=O) groups is 1. The van der Waals surface area contributed by atoms with Gasteiger partial charge in [-0.05, 0) is 62.7 Å². The highest BCUT2D eigenvalue weighted by Crippen LogP contribution is 2.31. The molecule has 1 amide bonds. The van der Waals surface area contributed by atoms with Crippen LogP contribution in [-0.2, 0) is 4.79 Å².